The van der Waals surface area contributed by atoms with E-state index in [1.165, 1.54) is 0 Å². The largest absolute Gasteiger partial charge is 0.497 e. The first-order valence-electron chi connectivity index (χ1n) is 9.11. The maximum absolute atomic E-state index is 12.5. The zero-order valence-corrected chi connectivity index (χ0v) is 15.2. The molecule has 1 N–H and O–H groups in total. The quantitative estimate of drug-likeness (QED) is 0.826. The number of likely N-dealkylation sites (tertiary alicyclic amines) is 1. The molecule has 2 aromatic rings. The molecule has 26 heavy (non-hydrogen) atoms. The van der Waals surface area contributed by atoms with Crippen LogP contribution < -0.4 is 14.8 Å². The van der Waals surface area contributed by atoms with E-state index in [0.29, 0.717) is 13.0 Å². The first-order valence-corrected chi connectivity index (χ1v) is 9.11. The molecule has 2 aromatic carbocycles. The van der Waals surface area contributed by atoms with Gasteiger partial charge in [0.1, 0.15) is 11.5 Å². The number of piperidine rings is 1. The number of anilines is 1. The first-order chi connectivity index (χ1) is 12.7. The summed E-state index contributed by atoms with van der Waals surface area (Å²) in [5, 5.41) is 3.52. The van der Waals surface area contributed by atoms with E-state index >= 15 is 0 Å². The van der Waals surface area contributed by atoms with Gasteiger partial charge in [0.05, 0.1) is 20.1 Å². The number of nitrogens with one attached hydrogen (secondary N) is 1. The highest BCUT2D eigenvalue weighted by Crippen LogP contribution is 2.19. The van der Waals surface area contributed by atoms with Gasteiger partial charge in [-0.05, 0) is 49.2 Å². The van der Waals surface area contributed by atoms with Crippen molar-refractivity contribution in [2.45, 2.75) is 25.3 Å². The molecule has 1 atom stereocenters. The lowest BCUT2D eigenvalue weighted by Gasteiger charge is -2.33. The average Bonchev–Trinajstić information content (AvgIpc) is 2.69. The van der Waals surface area contributed by atoms with Gasteiger partial charge >= 0.3 is 0 Å². The Morgan fingerprint density at radius 1 is 1.12 bits per heavy atom. The lowest BCUT2D eigenvalue weighted by molar-refractivity contribution is -0.132. The third-order valence-corrected chi connectivity index (χ3v) is 4.56. The fourth-order valence-electron chi connectivity index (χ4n) is 3.18. The standard InChI is InChI=1S/C21H26N2O3/c1-25-19-11-9-17(10-12-19)22-18-6-5-14-23(16-18)21(24)13-15-26-20-7-3-2-4-8-20/h2-4,7-12,18,22H,5-6,13-16H2,1H3/t18-/m0/s1. The summed E-state index contributed by atoms with van der Waals surface area (Å²) in [5.41, 5.74) is 1.05. The van der Waals surface area contributed by atoms with Crippen LogP contribution in [0.2, 0.25) is 0 Å². The molecule has 1 saturated heterocycles. The number of amides is 1. The van der Waals surface area contributed by atoms with Crippen molar-refractivity contribution in [2.75, 3.05) is 32.1 Å². The monoisotopic (exact) mass is 354 g/mol. The number of methoxy groups -OCH3 is 1. The Hall–Kier alpha value is -2.69. The van der Waals surface area contributed by atoms with Crippen molar-refractivity contribution in [1.82, 2.24) is 4.90 Å². The van der Waals surface area contributed by atoms with Crippen molar-refractivity contribution in [2.24, 2.45) is 0 Å². The smallest absolute Gasteiger partial charge is 0.226 e. The van der Waals surface area contributed by atoms with Crippen LogP contribution in [0.15, 0.2) is 54.6 Å². The molecule has 1 heterocycles. The van der Waals surface area contributed by atoms with Crippen LogP contribution in [0.4, 0.5) is 5.69 Å². The summed E-state index contributed by atoms with van der Waals surface area (Å²) in [6, 6.07) is 17.8. The van der Waals surface area contributed by atoms with Gasteiger partial charge in [0.15, 0.2) is 0 Å². The van der Waals surface area contributed by atoms with E-state index in [4.69, 9.17) is 9.47 Å². The molecule has 0 spiro atoms. The number of para-hydroxylation sites is 1. The minimum atomic E-state index is 0.155. The fraction of sp³-hybridized carbons (Fsp3) is 0.381. The van der Waals surface area contributed by atoms with E-state index in [2.05, 4.69) is 5.32 Å². The van der Waals surface area contributed by atoms with Crippen molar-refractivity contribution < 1.29 is 14.3 Å². The Labute approximate surface area is 154 Å². The fourth-order valence-corrected chi connectivity index (χ4v) is 3.18. The second-order valence-corrected chi connectivity index (χ2v) is 6.46. The van der Waals surface area contributed by atoms with Gasteiger partial charge in [-0.2, -0.15) is 0 Å². The summed E-state index contributed by atoms with van der Waals surface area (Å²) < 4.78 is 10.8. The summed E-state index contributed by atoms with van der Waals surface area (Å²) in [5.74, 6) is 1.80. The second-order valence-electron chi connectivity index (χ2n) is 6.46. The summed E-state index contributed by atoms with van der Waals surface area (Å²) in [6.07, 6.45) is 2.49. The molecule has 3 rings (SSSR count). The highest BCUT2D eigenvalue weighted by molar-refractivity contribution is 5.76. The van der Waals surface area contributed by atoms with Crippen LogP contribution in [-0.4, -0.2) is 43.7 Å². The van der Waals surface area contributed by atoms with Crippen molar-refractivity contribution in [3.8, 4) is 11.5 Å². The summed E-state index contributed by atoms with van der Waals surface area (Å²) in [4.78, 5) is 14.4. The Bertz CT molecular complexity index is 688. The van der Waals surface area contributed by atoms with E-state index in [1.54, 1.807) is 7.11 Å². The Kier molecular flexibility index (Phi) is 6.36. The first kappa shape index (κ1) is 18.1. The minimum absolute atomic E-state index is 0.155. The van der Waals surface area contributed by atoms with Gasteiger partial charge in [-0.3, -0.25) is 4.79 Å². The molecule has 5 nitrogen and oxygen atoms in total. The molecule has 1 fully saturated rings. The molecule has 0 saturated carbocycles. The van der Waals surface area contributed by atoms with Crippen LogP contribution >= 0.6 is 0 Å². The third-order valence-electron chi connectivity index (χ3n) is 4.56. The SMILES string of the molecule is COc1ccc(N[C@H]2CCCN(C(=O)CCOc3ccccc3)C2)cc1. The molecule has 0 aromatic heterocycles. The van der Waals surface area contributed by atoms with Crippen LogP contribution in [-0.2, 0) is 4.79 Å². The summed E-state index contributed by atoms with van der Waals surface area (Å²) in [7, 11) is 1.66. The molecular weight excluding hydrogens is 328 g/mol. The number of carbonyl (C=O) groups is 1. The Morgan fingerprint density at radius 2 is 1.88 bits per heavy atom. The Balaban J connectivity index is 1.45. The summed E-state index contributed by atoms with van der Waals surface area (Å²) in [6.45, 7) is 1.97. The van der Waals surface area contributed by atoms with Crippen LogP contribution in [0.5, 0.6) is 11.5 Å². The highest BCUT2D eigenvalue weighted by Gasteiger charge is 2.23. The van der Waals surface area contributed by atoms with Crippen molar-refractivity contribution in [1.29, 1.82) is 0 Å². The molecule has 1 amide bonds. The van der Waals surface area contributed by atoms with Gasteiger partial charge in [-0.25, -0.2) is 0 Å². The van der Waals surface area contributed by atoms with Crippen molar-refractivity contribution in [3.63, 3.8) is 0 Å². The molecule has 1 aliphatic heterocycles. The van der Waals surface area contributed by atoms with E-state index < -0.39 is 0 Å². The van der Waals surface area contributed by atoms with Gasteiger partial charge in [0.25, 0.3) is 0 Å². The molecule has 0 aliphatic carbocycles. The van der Waals surface area contributed by atoms with Gasteiger partial charge in [0.2, 0.25) is 5.91 Å². The number of hydrogen-bond acceptors (Lipinski definition) is 4. The topological polar surface area (TPSA) is 50.8 Å². The molecule has 0 radical (unpaired) electrons. The minimum Gasteiger partial charge on any atom is -0.497 e. The molecule has 0 bridgehead atoms. The predicted molar refractivity (Wildman–Crippen MR) is 103 cm³/mol. The normalized spacial score (nSPS) is 16.8. The number of benzene rings is 2. The van der Waals surface area contributed by atoms with Crippen LogP contribution in [0, 0.1) is 0 Å². The highest BCUT2D eigenvalue weighted by atomic mass is 16.5. The van der Waals surface area contributed by atoms with Gasteiger partial charge in [0, 0.05) is 24.8 Å². The molecular formula is C21H26N2O3. The molecule has 5 heteroatoms. The van der Waals surface area contributed by atoms with Crippen molar-refractivity contribution >= 4 is 11.6 Å². The lowest BCUT2D eigenvalue weighted by Crippen LogP contribution is -2.45. The van der Waals surface area contributed by atoms with Gasteiger partial charge < -0.3 is 19.7 Å². The van der Waals surface area contributed by atoms with E-state index in [0.717, 1.165) is 43.1 Å². The predicted octanol–water partition coefficient (Wildman–Crippen LogP) is 3.57. The Morgan fingerprint density at radius 3 is 2.62 bits per heavy atom. The van der Waals surface area contributed by atoms with Crippen LogP contribution in [0.1, 0.15) is 19.3 Å². The zero-order chi connectivity index (χ0) is 18.2. The van der Waals surface area contributed by atoms with E-state index in [9.17, 15) is 4.79 Å². The lowest BCUT2D eigenvalue weighted by atomic mass is 10.0. The number of hydrogen-bond donors (Lipinski definition) is 1. The van der Waals surface area contributed by atoms with Crippen molar-refractivity contribution in [3.05, 3.63) is 54.6 Å². The maximum atomic E-state index is 12.5. The summed E-state index contributed by atoms with van der Waals surface area (Å²) >= 11 is 0. The van der Waals surface area contributed by atoms with Crippen LogP contribution in [0.25, 0.3) is 0 Å². The number of nitrogens with zero attached hydrogens (tertiary/aromatic N) is 1. The molecule has 1 aliphatic rings. The average molecular weight is 354 g/mol. The number of ether oxygens (including phenoxy) is 2. The maximum Gasteiger partial charge on any atom is 0.226 e. The second kappa shape index (κ2) is 9.13. The van der Waals surface area contributed by atoms with Gasteiger partial charge in [-0.1, -0.05) is 18.2 Å². The van der Waals surface area contributed by atoms with Gasteiger partial charge in [-0.15, -0.1) is 0 Å². The van der Waals surface area contributed by atoms with E-state index in [-0.39, 0.29) is 11.9 Å². The third kappa shape index (κ3) is 5.15. The number of rotatable bonds is 7. The van der Waals surface area contributed by atoms with E-state index in [1.807, 2.05) is 59.5 Å². The zero-order valence-electron chi connectivity index (χ0n) is 15.2. The number of carbonyl (C=O) groups excluding carboxylic acids is 1. The molecule has 0 unspecified atom stereocenters. The van der Waals surface area contributed by atoms with Crippen LogP contribution in [0.3, 0.4) is 0 Å². The molecule has 138 valence electrons.